The van der Waals surface area contributed by atoms with E-state index in [1.165, 1.54) is 18.2 Å². The quantitative estimate of drug-likeness (QED) is 0.547. The summed E-state index contributed by atoms with van der Waals surface area (Å²) in [4.78, 5) is 10.9. The van der Waals surface area contributed by atoms with E-state index in [2.05, 4.69) is 10.1 Å². The van der Waals surface area contributed by atoms with E-state index in [4.69, 9.17) is 10.8 Å². The fraction of sp³-hybridized carbons (Fsp3) is 0.364. The van der Waals surface area contributed by atoms with E-state index >= 15 is 0 Å². The number of carboxylic acids is 1. The van der Waals surface area contributed by atoms with Gasteiger partial charge in [-0.15, -0.1) is 0 Å². The van der Waals surface area contributed by atoms with Gasteiger partial charge in [0.05, 0.1) is 12.2 Å². The van der Waals surface area contributed by atoms with Gasteiger partial charge in [0.2, 0.25) is 0 Å². The maximum absolute atomic E-state index is 11.8. The molecule has 0 atom stereocenters. The second kappa shape index (κ2) is 6.28. The summed E-state index contributed by atoms with van der Waals surface area (Å²) in [5.74, 6) is -1.17. The number of halogens is 3. The number of nitrogen functional groups attached to an aromatic ring is 1. The zero-order valence-corrected chi connectivity index (χ0v) is 9.83. The van der Waals surface area contributed by atoms with Gasteiger partial charge in [-0.1, -0.05) is 0 Å². The molecular weight excluding hydrogens is 265 g/mol. The third-order valence-electron chi connectivity index (χ3n) is 2.10. The van der Waals surface area contributed by atoms with Crippen LogP contribution in [0.1, 0.15) is 10.4 Å². The lowest BCUT2D eigenvalue weighted by Gasteiger charge is -2.11. The zero-order valence-electron chi connectivity index (χ0n) is 9.83. The molecule has 1 aromatic rings. The van der Waals surface area contributed by atoms with E-state index in [0.717, 1.165) is 0 Å². The molecule has 4 N–H and O–H groups in total. The Balaban J connectivity index is 2.47. The van der Waals surface area contributed by atoms with Crippen molar-refractivity contribution in [3.8, 4) is 0 Å². The van der Waals surface area contributed by atoms with Crippen LogP contribution >= 0.6 is 0 Å². The van der Waals surface area contributed by atoms with Crippen LogP contribution in [-0.2, 0) is 4.74 Å². The van der Waals surface area contributed by atoms with Crippen molar-refractivity contribution in [3.05, 3.63) is 23.8 Å². The van der Waals surface area contributed by atoms with Crippen LogP contribution in [0, 0.1) is 0 Å². The Bertz CT molecular complexity index is 449. The van der Waals surface area contributed by atoms with Gasteiger partial charge in [0.25, 0.3) is 0 Å². The topological polar surface area (TPSA) is 84.6 Å². The van der Waals surface area contributed by atoms with Crippen molar-refractivity contribution in [2.45, 2.75) is 6.18 Å². The molecule has 8 heteroatoms. The van der Waals surface area contributed by atoms with Crippen LogP contribution in [0.4, 0.5) is 24.5 Å². The third kappa shape index (κ3) is 5.47. The number of nitrogens with two attached hydrogens (primary N) is 1. The van der Waals surface area contributed by atoms with Crippen molar-refractivity contribution in [3.63, 3.8) is 0 Å². The van der Waals surface area contributed by atoms with E-state index in [1.54, 1.807) is 0 Å². The highest BCUT2D eigenvalue weighted by Gasteiger charge is 2.27. The Morgan fingerprint density at radius 1 is 1.42 bits per heavy atom. The van der Waals surface area contributed by atoms with E-state index in [0.29, 0.717) is 0 Å². The van der Waals surface area contributed by atoms with Crippen LogP contribution in [0.5, 0.6) is 0 Å². The van der Waals surface area contributed by atoms with Gasteiger partial charge in [-0.3, -0.25) is 0 Å². The van der Waals surface area contributed by atoms with Gasteiger partial charge in [-0.05, 0) is 18.2 Å². The predicted molar refractivity (Wildman–Crippen MR) is 63.2 cm³/mol. The summed E-state index contributed by atoms with van der Waals surface area (Å²) in [5, 5.41) is 11.6. The number of carboxylic acid groups (broad SMARTS) is 1. The Labute approximate surface area is 107 Å². The van der Waals surface area contributed by atoms with Crippen molar-refractivity contribution < 1.29 is 27.8 Å². The molecule has 0 amide bonds. The van der Waals surface area contributed by atoms with Crippen LogP contribution < -0.4 is 11.1 Å². The van der Waals surface area contributed by atoms with Gasteiger partial charge in [0.15, 0.2) is 0 Å². The van der Waals surface area contributed by atoms with Crippen molar-refractivity contribution in [1.29, 1.82) is 0 Å². The van der Waals surface area contributed by atoms with Gasteiger partial charge in [-0.2, -0.15) is 13.2 Å². The van der Waals surface area contributed by atoms with Crippen LogP contribution in [0.2, 0.25) is 0 Å². The SMILES string of the molecule is Nc1ccc(NCCOCC(F)(F)F)c(C(=O)O)c1. The molecule has 0 aromatic heterocycles. The average molecular weight is 278 g/mol. The summed E-state index contributed by atoms with van der Waals surface area (Å²) >= 11 is 0. The normalized spacial score (nSPS) is 11.3. The molecule has 106 valence electrons. The number of anilines is 2. The second-order valence-corrected chi connectivity index (χ2v) is 3.70. The molecule has 0 fully saturated rings. The fourth-order valence-corrected chi connectivity index (χ4v) is 1.34. The van der Waals surface area contributed by atoms with Crippen molar-refractivity contribution in [2.24, 2.45) is 0 Å². The van der Waals surface area contributed by atoms with Crippen LogP contribution in [0.15, 0.2) is 18.2 Å². The summed E-state index contributed by atoms with van der Waals surface area (Å²) in [6.45, 7) is -1.47. The molecule has 0 radical (unpaired) electrons. The van der Waals surface area contributed by atoms with Crippen molar-refractivity contribution in [2.75, 3.05) is 30.8 Å². The van der Waals surface area contributed by atoms with Gasteiger partial charge in [0.1, 0.15) is 6.61 Å². The summed E-state index contributed by atoms with van der Waals surface area (Å²) in [7, 11) is 0. The minimum Gasteiger partial charge on any atom is -0.478 e. The molecule has 5 nitrogen and oxygen atoms in total. The lowest BCUT2D eigenvalue weighted by atomic mass is 10.1. The van der Waals surface area contributed by atoms with Gasteiger partial charge >= 0.3 is 12.1 Å². The number of benzene rings is 1. The van der Waals surface area contributed by atoms with Crippen molar-refractivity contribution >= 4 is 17.3 Å². The molecule has 0 aliphatic carbocycles. The molecule has 0 unspecified atom stereocenters. The standard InChI is InChI=1S/C11H13F3N2O3/c12-11(13,14)6-19-4-3-16-9-2-1-7(15)5-8(9)10(17)18/h1-2,5,16H,3-4,6,15H2,(H,17,18). The molecule has 1 aromatic carbocycles. The van der Waals surface area contributed by atoms with E-state index in [9.17, 15) is 18.0 Å². The Kier molecular flexibility index (Phi) is 4.99. The molecular formula is C11H13F3N2O3. The smallest absolute Gasteiger partial charge is 0.411 e. The Morgan fingerprint density at radius 2 is 2.11 bits per heavy atom. The molecule has 0 aliphatic heterocycles. The lowest BCUT2D eigenvalue weighted by molar-refractivity contribution is -0.172. The zero-order chi connectivity index (χ0) is 14.5. The first-order valence-corrected chi connectivity index (χ1v) is 5.31. The highest BCUT2D eigenvalue weighted by atomic mass is 19.4. The van der Waals surface area contributed by atoms with Crippen LogP contribution in [-0.4, -0.2) is 37.0 Å². The lowest BCUT2D eigenvalue weighted by Crippen LogP contribution is -2.20. The fourth-order valence-electron chi connectivity index (χ4n) is 1.34. The van der Waals surface area contributed by atoms with E-state index in [1.807, 2.05) is 0 Å². The first-order chi connectivity index (χ1) is 8.79. The maximum Gasteiger partial charge on any atom is 0.411 e. The molecule has 0 saturated heterocycles. The molecule has 19 heavy (non-hydrogen) atoms. The Morgan fingerprint density at radius 3 is 2.68 bits per heavy atom. The summed E-state index contributed by atoms with van der Waals surface area (Å²) in [6.07, 6.45) is -4.37. The molecule has 1 rings (SSSR count). The number of carbonyl (C=O) groups is 1. The molecule has 0 bridgehead atoms. The van der Waals surface area contributed by atoms with Gasteiger partial charge in [0, 0.05) is 17.9 Å². The first-order valence-electron chi connectivity index (χ1n) is 5.31. The van der Waals surface area contributed by atoms with Crippen LogP contribution in [0.3, 0.4) is 0 Å². The average Bonchev–Trinajstić information content (AvgIpc) is 2.28. The number of hydrogen-bond donors (Lipinski definition) is 3. The van der Waals surface area contributed by atoms with Gasteiger partial charge < -0.3 is 20.9 Å². The number of alkyl halides is 3. The highest BCUT2D eigenvalue weighted by Crippen LogP contribution is 2.19. The monoisotopic (exact) mass is 278 g/mol. The summed E-state index contributed by atoms with van der Waals surface area (Å²) in [5.41, 5.74) is 5.97. The summed E-state index contributed by atoms with van der Waals surface area (Å²) < 4.78 is 39.7. The van der Waals surface area contributed by atoms with Gasteiger partial charge in [-0.25, -0.2) is 4.79 Å². The second-order valence-electron chi connectivity index (χ2n) is 3.70. The van der Waals surface area contributed by atoms with Crippen LogP contribution in [0.25, 0.3) is 0 Å². The predicted octanol–water partition coefficient (Wildman–Crippen LogP) is 1.96. The number of nitrogens with one attached hydrogen (secondary N) is 1. The minimum absolute atomic E-state index is 0.0455. The molecule has 0 aliphatic rings. The largest absolute Gasteiger partial charge is 0.478 e. The number of ether oxygens (including phenoxy) is 1. The first kappa shape index (κ1) is 15.1. The Hall–Kier alpha value is -1.96. The minimum atomic E-state index is -4.37. The van der Waals surface area contributed by atoms with E-state index < -0.39 is 18.8 Å². The number of aromatic carboxylic acids is 1. The maximum atomic E-state index is 11.8. The highest BCUT2D eigenvalue weighted by molar-refractivity contribution is 5.95. The molecule has 0 spiro atoms. The number of rotatable bonds is 6. The third-order valence-corrected chi connectivity index (χ3v) is 2.10. The summed E-state index contributed by atoms with van der Waals surface area (Å²) in [6, 6.07) is 4.20. The number of hydrogen-bond acceptors (Lipinski definition) is 4. The van der Waals surface area contributed by atoms with E-state index in [-0.39, 0.29) is 30.1 Å². The molecule has 0 heterocycles. The molecule has 0 saturated carbocycles. The van der Waals surface area contributed by atoms with Crippen molar-refractivity contribution in [1.82, 2.24) is 0 Å².